The van der Waals surface area contributed by atoms with Crippen molar-refractivity contribution in [2.45, 2.75) is 13.0 Å². The van der Waals surface area contributed by atoms with Gasteiger partial charge in [0, 0.05) is 38.0 Å². The number of rotatable bonds is 3. The lowest BCUT2D eigenvalue weighted by Gasteiger charge is -2.37. The number of thiol groups is 1. The molecule has 0 amide bonds. The lowest BCUT2D eigenvalue weighted by Crippen LogP contribution is -2.50. The van der Waals surface area contributed by atoms with Crippen molar-refractivity contribution in [2.24, 2.45) is 0 Å². The SMILES string of the molecule is C=C(CS)CN1CCN(C)C(C)C1. The fraction of sp³-hybridized carbons (Fsp3) is 0.800. The van der Waals surface area contributed by atoms with Gasteiger partial charge in [-0.1, -0.05) is 12.2 Å². The third kappa shape index (κ3) is 3.33. The molecule has 0 aliphatic carbocycles. The summed E-state index contributed by atoms with van der Waals surface area (Å²) in [6.45, 7) is 10.8. The Morgan fingerprint density at radius 3 is 2.77 bits per heavy atom. The number of likely N-dealkylation sites (N-methyl/N-ethyl adjacent to an activating group) is 1. The van der Waals surface area contributed by atoms with Crippen LogP contribution in [0.3, 0.4) is 0 Å². The van der Waals surface area contributed by atoms with Crippen molar-refractivity contribution in [1.82, 2.24) is 9.80 Å². The van der Waals surface area contributed by atoms with Gasteiger partial charge in [0.05, 0.1) is 0 Å². The number of hydrogen-bond acceptors (Lipinski definition) is 3. The Balaban J connectivity index is 2.33. The van der Waals surface area contributed by atoms with E-state index in [0.29, 0.717) is 6.04 Å². The molecule has 1 rings (SSSR count). The van der Waals surface area contributed by atoms with E-state index in [2.05, 4.69) is 43.0 Å². The minimum atomic E-state index is 0.668. The molecule has 1 heterocycles. The van der Waals surface area contributed by atoms with Gasteiger partial charge in [-0.15, -0.1) is 0 Å². The van der Waals surface area contributed by atoms with Gasteiger partial charge in [0.2, 0.25) is 0 Å². The van der Waals surface area contributed by atoms with Crippen molar-refractivity contribution in [2.75, 3.05) is 39.0 Å². The predicted octanol–water partition coefficient (Wildman–Crippen LogP) is 1.11. The first-order valence-electron chi connectivity index (χ1n) is 4.83. The van der Waals surface area contributed by atoms with Gasteiger partial charge < -0.3 is 4.90 Å². The molecule has 0 aromatic carbocycles. The van der Waals surface area contributed by atoms with Crippen LogP contribution in [0, 0.1) is 0 Å². The first-order valence-corrected chi connectivity index (χ1v) is 5.47. The van der Waals surface area contributed by atoms with Crippen LogP contribution >= 0.6 is 12.6 Å². The summed E-state index contributed by atoms with van der Waals surface area (Å²) in [6, 6.07) is 0.668. The highest BCUT2D eigenvalue weighted by molar-refractivity contribution is 7.80. The van der Waals surface area contributed by atoms with Crippen LogP contribution in [0.2, 0.25) is 0 Å². The maximum atomic E-state index is 4.22. The number of nitrogens with zero attached hydrogens (tertiary/aromatic N) is 2. The second-order valence-corrected chi connectivity index (χ2v) is 4.29. The predicted molar refractivity (Wildman–Crippen MR) is 61.5 cm³/mol. The maximum absolute atomic E-state index is 4.22. The molecule has 1 atom stereocenters. The molecule has 1 aliphatic rings. The molecular weight excluding hydrogens is 180 g/mol. The van der Waals surface area contributed by atoms with Crippen LogP contribution < -0.4 is 0 Å². The fourth-order valence-corrected chi connectivity index (χ4v) is 1.73. The van der Waals surface area contributed by atoms with Crippen LogP contribution in [0.25, 0.3) is 0 Å². The topological polar surface area (TPSA) is 6.48 Å². The molecule has 0 spiro atoms. The van der Waals surface area contributed by atoms with Gasteiger partial charge in [0.1, 0.15) is 0 Å². The van der Waals surface area contributed by atoms with Gasteiger partial charge >= 0.3 is 0 Å². The summed E-state index contributed by atoms with van der Waals surface area (Å²) < 4.78 is 0. The third-order valence-electron chi connectivity index (χ3n) is 2.71. The molecule has 76 valence electrons. The van der Waals surface area contributed by atoms with E-state index in [1.54, 1.807) is 0 Å². The monoisotopic (exact) mass is 200 g/mol. The highest BCUT2D eigenvalue weighted by Gasteiger charge is 2.20. The zero-order valence-corrected chi connectivity index (χ0v) is 9.56. The summed E-state index contributed by atoms with van der Waals surface area (Å²) in [5.74, 6) is 0.806. The molecule has 0 N–H and O–H groups in total. The van der Waals surface area contributed by atoms with E-state index in [-0.39, 0.29) is 0 Å². The van der Waals surface area contributed by atoms with E-state index in [0.717, 1.165) is 25.4 Å². The molecule has 13 heavy (non-hydrogen) atoms. The molecule has 0 aromatic heterocycles. The van der Waals surface area contributed by atoms with Gasteiger partial charge in [-0.2, -0.15) is 12.6 Å². The van der Waals surface area contributed by atoms with Crippen LogP contribution in [0.5, 0.6) is 0 Å². The second-order valence-electron chi connectivity index (χ2n) is 3.97. The number of piperazine rings is 1. The molecule has 2 nitrogen and oxygen atoms in total. The van der Waals surface area contributed by atoms with Crippen LogP contribution in [-0.2, 0) is 0 Å². The van der Waals surface area contributed by atoms with Crippen molar-refractivity contribution in [1.29, 1.82) is 0 Å². The largest absolute Gasteiger partial charge is 0.301 e. The molecule has 0 bridgehead atoms. The summed E-state index contributed by atoms with van der Waals surface area (Å²) in [4.78, 5) is 4.86. The molecule has 0 saturated carbocycles. The van der Waals surface area contributed by atoms with Gasteiger partial charge in [0.25, 0.3) is 0 Å². The fourth-order valence-electron chi connectivity index (χ4n) is 1.63. The first-order chi connectivity index (χ1) is 6.13. The second kappa shape index (κ2) is 5.03. The average molecular weight is 200 g/mol. The molecule has 3 heteroatoms. The highest BCUT2D eigenvalue weighted by Crippen LogP contribution is 2.08. The lowest BCUT2D eigenvalue weighted by atomic mass is 10.2. The van der Waals surface area contributed by atoms with Crippen molar-refractivity contribution in [3.05, 3.63) is 12.2 Å². The van der Waals surface area contributed by atoms with E-state index in [9.17, 15) is 0 Å². The van der Waals surface area contributed by atoms with E-state index in [4.69, 9.17) is 0 Å². The summed E-state index contributed by atoms with van der Waals surface area (Å²) in [5, 5.41) is 0. The summed E-state index contributed by atoms with van der Waals surface area (Å²) >= 11 is 4.22. The normalized spacial score (nSPS) is 26.2. The quantitative estimate of drug-likeness (QED) is 0.538. The minimum absolute atomic E-state index is 0.668. The lowest BCUT2D eigenvalue weighted by molar-refractivity contribution is 0.113. The van der Waals surface area contributed by atoms with Crippen LogP contribution in [0.1, 0.15) is 6.92 Å². The van der Waals surface area contributed by atoms with Crippen LogP contribution in [0.4, 0.5) is 0 Å². The molecule has 1 saturated heterocycles. The third-order valence-corrected chi connectivity index (χ3v) is 3.16. The van der Waals surface area contributed by atoms with Gasteiger partial charge in [-0.25, -0.2) is 0 Å². The Bertz CT molecular complexity index is 182. The smallest absolute Gasteiger partial charge is 0.0199 e. The van der Waals surface area contributed by atoms with E-state index in [1.165, 1.54) is 12.1 Å². The average Bonchev–Trinajstić information content (AvgIpc) is 2.11. The minimum Gasteiger partial charge on any atom is -0.301 e. The highest BCUT2D eigenvalue weighted by atomic mass is 32.1. The van der Waals surface area contributed by atoms with Crippen molar-refractivity contribution < 1.29 is 0 Å². The Hall–Kier alpha value is 0.01000. The van der Waals surface area contributed by atoms with E-state index in [1.807, 2.05) is 0 Å². The van der Waals surface area contributed by atoms with E-state index < -0.39 is 0 Å². The number of hydrogen-bond donors (Lipinski definition) is 1. The van der Waals surface area contributed by atoms with E-state index >= 15 is 0 Å². The maximum Gasteiger partial charge on any atom is 0.0199 e. The molecule has 1 unspecified atom stereocenters. The van der Waals surface area contributed by atoms with Crippen LogP contribution in [0.15, 0.2) is 12.2 Å². The summed E-state index contributed by atoms with van der Waals surface area (Å²) in [6.07, 6.45) is 0. The van der Waals surface area contributed by atoms with Crippen molar-refractivity contribution in [3.8, 4) is 0 Å². The Morgan fingerprint density at radius 2 is 2.23 bits per heavy atom. The Labute approximate surface area is 87.0 Å². The zero-order chi connectivity index (χ0) is 9.84. The Kier molecular flexibility index (Phi) is 4.29. The van der Waals surface area contributed by atoms with Crippen LogP contribution in [-0.4, -0.2) is 54.8 Å². The zero-order valence-electron chi connectivity index (χ0n) is 8.66. The van der Waals surface area contributed by atoms with Crippen molar-refractivity contribution >= 4 is 12.6 Å². The van der Waals surface area contributed by atoms with Gasteiger partial charge in [-0.3, -0.25) is 4.90 Å². The Morgan fingerprint density at radius 1 is 1.54 bits per heavy atom. The molecular formula is C10H20N2S. The first kappa shape index (κ1) is 11.1. The standard InChI is InChI=1S/C10H20N2S/c1-9(8-13)6-12-5-4-11(3)10(2)7-12/h10,13H,1,4-8H2,2-3H3. The molecule has 0 radical (unpaired) electrons. The van der Waals surface area contributed by atoms with Gasteiger partial charge in [-0.05, 0) is 14.0 Å². The molecule has 1 aliphatic heterocycles. The molecule has 1 fully saturated rings. The van der Waals surface area contributed by atoms with Gasteiger partial charge in [0.15, 0.2) is 0 Å². The summed E-state index contributed by atoms with van der Waals surface area (Å²) in [5.41, 5.74) is 1.22. The van der Waals surface area contributed by atoms with Crippen molar-refractivity contribution in [3.63, 3.8) is 0 Å². The molecule has 0 aromatic rings. The summed E-state index contributed by atoms with van der Waals surface area (Å²) in [7, 11) is 2.19.